The first-order chi connectivity index (χ1) is 16.6. The van der Waals surface area contributed by atoms with E-state index in [0.717, 1.165) is 11.1 Å². The molecule has 1 fully saturated rings. The van der Waals surface area contributed by atoms with Gasteiger partial charge in [-0.05, 0) is 17.2 Å². The number of fused-ring (bicyclic) bond motifs is 1. The van der Waals surface area contributed by atoms with Gasteiger partial charge in [0.05, 0.1) is 38.2 Å². The summed E-state index contributed by atoms with van der Waals surface area (Å²) in [6.07, 6.45) is 5.21. The van der Waals surface area contributed by atoms with Crippen molar-refractivity contribution in [2.75, 3.05) is 14.2 Å². The van der Waals surface area contributed by atoms with Gasteiger partial charge in [0.25, 0.3) is 0 Å². The predicted octanol–water partition coefficient (Wildman–Crippen LogP) is 4.68. The van der Waals surface area contributed by atoms with Gasteiger partial charge in [0.2, 0.25) is 0 Å². The van der Waals surface area contributed by atoms with Gasteiger partial charge in [0.1, 0.15) is 17.3 Å². The highest BCUT2D eigenvalue weighted by molar-refractivity contribution is 5.85. The van der Waals surface area contributed by atoms with E-state index in [2.05, 4.69) is 0 Å². The lowest BCUT2D eigenvalue weighted by molar-refractivity contribution is -0.182. The zero-order valence-electron chi connectivity index (χ0n) is 18.8. The maximum absolute atomic E-state index is 12.7. The first kappa shape index (κ1) is 21.8. The molecule has 0 amide bonds. The number of carbonyl (C=O) groups is 1. The van der Waals surface area contributed by atoms with Crippen molar-refractivity contribution in [3.8, 4) is 5.75 Å². The number of benzene rings is 2. The zero-order valence-corrected chi connectivity index (χ0v) is 18.8. The summed E-state index contributed by atoms with van der Waals surface area (Å²) in [7, 11) is 3.05. The number of rotatable bonds is 6. The van der Waals surface area contributed by atoms with Crippen LogP contribution in [0.1, 0.15) is 28.7 Å². The Hall–Kier alpha value is -4.06. The van der Waals surface area contributed by atoms with E-state index < -0.39 is 23.1 Å². The van der Waals surface area contributed by atoms with Crippen LogP contribution in [-0.4, -0.2) is 25.8 Å². The van der Waals surface area contributed by atoms with Gasteiger partial charge in [-0.1, -0.05) is 66.7 Å². The van der Waals surface area contributed by atoms with E-state index in [0.29, 0.717) is 17.3 Å². The van der Waals surface area contributed by atoms with Crippen molar-refractivity contribution in [2.24, 2.45) is 5.92 Å². The first-order valence-electron chi connectivity index (χ1n) is 11.0. The maximum Gasteiger partial charge on any atom is 0.339 e. The smallest absolute Gasteiger partial charge is 0.339 e. The SMILES string of the molecule is COC1=CC(=O)O[C@]2(/C=C/c3ccccc3)[C@H]1[C@@H](c1ccccc1)[C@@H]2c1cc(OC)cc(=O)o1. The van der Waals surface area contributed by atoms with Crippen molar-refractivity contribution in [1.29, 1.82) is 0 Å². The highest BCUT2D eigenvalue weighted by Crippen LogP contribution is 2.66. The second kappa shape index (κ2) is 8.71. The third-order valence-corrected chi connectivity index (χ3v) is 6.60. The van der Waals surface area contributed by atoms with Crippen LogP contribution in [0.2, 0.25) is 0 Å². The molecule has 1 saturated carbocycles. The molecule has 2 heterocycles. The van der Waals surface area contributed by atoms with Crippen LogP contribution in [-0.2, 0) is 14.3 Å². The highest BCUT2D eigenvalue weighted by Gasteiger charge is 2.68. The number of hydrogen-bond donors (Lipinski definition) is 0. The topological polar surface area (TPSA) is 75.0 Å². The number of hydrogen-bond acceptors (Lipinski definition) is 6. The molecule has 1 aliphatic heterocycles. The molecule has 3 aromatic rings. The predicted molar refractivity (Wildman–Crippen MR) is 126 cm³/mol. The molecule has 0 bridgehead atoms. The standard InChI is InChI=1S/C28H24O6/c1-31-20-15-22(33-23(29)16-20)27-25(19-11-7-4-8-12-19)26-21(32-2)17-24(30)34-28(26,27)14-13-18-9-5-3-6-10-18/h3-17,25-27H,1-2H3/b14-13+/t25-,26-,27+,28-/m1/s1. The second-order valence-corrected chi connectivity index (χ2v) is 8.38. The summed E-state index contributed by atoms with van der Waals surface area (Å²) < 4.78 is 22.8. The summed E-state index contributed by atoms with van der Waals surface area (Å²) in [6, 6.07) is 22.6. The van der Waals surface area contributed by atoms with Crippen molar-refractivity contribution >= 4 is 12.0 Å². The molecule has 172 valence electrons. The monoisotopic (exact) mass is 456 g/mol. The van der Waals surface area contributed by atoms with E-state index in [1.165, 1.54) is 19.3 Å². The summed E-state index contributed by atoms with van der Waals surface area (Å²) in [4.78, 5) is 25.1. The average molecular weight is 456 g/mol. The molecule has 4 atom stereocenters. The first-order valence-corrected chi connectivity index (χ1v) is 11.0. The third-order valence-electron chi connectivity index (χ3n) is 6.60. The van der Waals surface area contributed by atoms with Crippen molar-refractivity contribution in [3.05, 3.63) is 118 Å². The molecule has 6 nitrogen and oxygen atoms in total. The Labute approximate surface area is 197 Å². The second-order valence-electron chi connectivity index (χ2n) is 8.38. The summed E-state index contributed by atoms with van der Waals surface area (Å²) in [5, 5.41) is 0. The summed E-state index contributed by atoms with van der Waals surface area (Å²) >= 11 is 0. The van der Waals surface area contributed by atoms with E-state index in [-0.39, 0.29) is 11.8 Å². The molecular weight excluding hydrogens is 432 g/mol. The fourth-order valence-corrected chi connectivity index (χ4v) is 5.19. The Morgan fingerprint density at radius 3 is 2.26 bits per heavy atom. The summed E-state index contributed by atoms with van der Waals surface area (Å²) in [5.74, 6) is -0.164. The van der Waals surface area contributed by atoms with Gasteiger partial charge in [-0.15, -0.1) is 0 Å². The van der Waals surface area contributed by atoms with Gasteiger partial charge >= 0.3 is 11.6 Å². The van der Waals surface area contributed by atoms with Crippen LogP contribution in [0, 0.1) is 5.92 Å². The van der Waals surface area contributed by atoms with Crippen LogP contribution in [0.15, 0.2) is 99.9 Å². The molecule has 0 unspecified atom stereocenters. The third kappa shape index (κ3) is 3.61. The van der Waals surface area contributed by atoms with Crippen LogP contribution in [0.25, 0.3) is 6.08 Å². The molecule has 1 aromatic heterocycles. The van der Waals surface area contributed by atoms with Crippen LogP contribution >= 0.6 is 0 Å². The van der Waals surface area contributed by atoms with E-state index >= 15 is 0 Å². The molecule has 0 N–H and O–H groups in total. The lowest BCUT2D eigenvalue weighted by atomic mass is 9.49. The molecule has 2 aromatic carbocycles. The largest absolute Gasteiger partial charge is 0.500 e. The fraction of sp³-hybridized carbons (Fsp3) is 0.214. The average Bonchev–Trinajstić information content (AvgIpc) is 2.85. The van der Waals surface area contributed by atoms with Crippen molar-refractivity contribution < 1.29 is 23.4 Å². The number of carbonyl (C=O) groups excluding carboxylic acids is 1. The molecule has 0 radical (unpaired) electrons. The van der Waals surface area contributed by atoms with Gasteiger partial charge in [0, 0.05) is 12.0 Å². The summed E-state index contributed by atoms with van der Waals surface area (Å²) in [5.41, 5.74) is 0.328. The van der Waals surface area contributed by atoms with E-state index in [1.54, 1.807) is 13.2 Å². The number of esters is 1. The lowest BCUT2D eigenvalue weighted by Gasteiger charge is -2.59. The quantitative estimate of drug-likeness (QED) is 0.501. The maximum atomic E-state index is 12.7. The van der Waals surface area contributed by atoms with E-state index in [1.807, 2.05) is 72.8 Å². The van der Waals surface area contributed by atoms with Gasteiger partial charge in [-0.25, -0.2) is 9.59 Å². The molecule has 0 spiro atoms. The minimum Gasteiger partial charge on any atom is -0.500 e. The van der Waals surface area contributed by atoms with E-state index in [9.17, 15) is 9.59 Å². The normalized spacial score (nSPS) is 25.6. The minimum atomic E-state index is -1.12. The molecule has 1 aliphatic carbocycles. The van der Waals surface area contributed by atoms with Gasteiger partial charge < -0.3 is 18.6 Å². The molecule has 0 saturated heterocycles. The lowest BCUT2D eigenvalue weighted by Crippen LogP contribution is -2.63. The Morgan fingerprint density at radius 1 is 0.882 bits per heavy atom. The van der Waals surface area contributed by atoms with Crippen molar-refractivity contribution in [2.45, 2.75) is 17.4 Å². The van der Waals surface area contributed by atoms with Crippen LogP contribution in [0.4, 0.5) is 0 Å². The number of ether oxygens (including phenoxy) is 3. The molecule has 6 heteroatoms. The van der Waals surface area contributed by atoms with Crippen molar-refractivity contribution in [3.63, 3.8) is 0 Å². The minimum absolute atomic E-state index is 0.170. The van der Waals surface area contributed by atoms with Crippen LogP contribution < -0.4 is 10.4 Å². The Morgan fingerprint density at radius 2 is 1.59 bits per heavy atom. The molecule has 2 aliphatic rings. The van der Waals surface area contributed by atoms with Gasteiger partial charge in [-0.3, -0.25) is 0 Å². The van der Waals surface area contributed by atoms with E-state index in [4.69, 9.17) is 18.6 Å². The molecule has 5 rings (SSSR count). The zero-order chi connectivity index (χ0) is 23.7. The number of methoxy groups -OCH3 is 2. The molecular formula is C28H24O6. The highest BCUT2D eigenvalue weighted by atomic mass is 16.6. The van der Waals surface area contributed by atoms with Crippen LogP contribution in [0.3, 0.4) is 0 Å². The Kier molecular flexibility index (Phi) is 5.57. The Bertz CT molecular complexity index is 1310. The molecule has 34 heavy (non-hydrogen) atoms. The Balaban J connectivity index is 1.72. The fourth-order valence-electron chi connectivity index (χ4n) is 5.19. The van der Waals surface area contributed by atoms with Gasteiger partial charge in [0.15, 0.2) is 5.60 Å². The van der Waals surface area contributed by atoms with Crippen LogP contribution in [0.5, 0.6) is 5.75 Å². The van der Waals surface area contributed by atoms with Gasteiger partial charge in [-0.2, -0.15) is 0 Å². The summed E-state index contributed by atoms with van der Waals surface area (Å²) in [6.45, 7) is 0. The van der Waals surface area contributed by atoms with Crippen molar-refractivity contribution in [1.82, 2.24) is 0 Å².